The van der Waals surface area contributed by atoms with Crippen LogP contribution in [0.25, 0.3) is 21.3 Å². The van der Waals surface area contributed by atoms with Crippen LogP contribution in [0, 0.1) is 37.0 Å². The van der Waals surface area contributed by atoms with Gasteiger partial charge in [0.15, 0.2) is 22.5 Å². The standard InChI is InChI=1S/C33H34N8O2S/c1-18-9-28(39-40-30(18)38-32-35-25-5-3-4-6-26(25)44-32)36-27-8-7-23(29(37-27)31(42)43)24-16-34-41(19(24)2)17-33-13-20-10-21(14-33)12-22(11-20)15-33/h3-9,16,20-22H,10-15,17H2,1-2H3,(H,42,43)(H,35,38,40)(H,36,37,39). The maximum Gasteiger partial charge on any atom is 0.355 e. The number of carboxylic acids is 1. The minimum atomic E-state index is -1.09. The van der Waals surface area contributed by atoms with Crippen LogP contribution < -0.4 is 10.6 Å². The van der Waals surface area contributed by atoms with Gasteiger partial charge in [-0.1, -0.05) is 23.5 Å². The summed E-state index contributed by atoms with van der Waals surface area (Å²) in [7, 11) is 0. The maximum absolute atomic E-state index is 12.4. The summed E-state index contributed by atoms with van der Waals surface area (Å²) < 4.78 is 3.20. The highest BCUT2D eigenvalue weighted by atomic mass is 32.1. The summed E-state index contributed by atoms with van der Waals surface area (Å²) >= 11 is 1.55. The van der Waals surface area contributed by atoms with Gasteiger partial charge in [0.1, 0.15) is 5.82 Å². The molecule has 1 aromatic carbocycles. The van der Waals surface area contributed by atoms with Crippen LogP contribution in [0.1, 0.15) is 60.3 Å². The number of carboxylic acid groups (broad SMARTS) is 1. The van der Waals surface area contributed by atoms with Crippen molar-refractivity contribution >= 4 is 50.1 Å². The molecule has 0 unspecified atom stereocenters. The number of nitrogens with one attached hydrogen (secondary N) is 2. The number of anilines is 4. The van der Waals surface area contributed by atoms with Crippen molar-refractivity contribution in [2.45, 2.75) is 58.9 Å². The largest absolute Gasteiger partial charge is 0.476 e. The van der Waals surface area contributed by atoms with Gasteiger partial charge in [-0.15, -0.1) is 10.2 Å². The molecule has 4 heterocycles. The molecule has 3 N–H and O–H groups in total. The van der Waals surface area contributed by atoms with E-state index in [2.05, 4.69) is 35.5 Å². The van der Waals surface area contributed by atoms with Gasteiger partial charge in [0, 0.05) is 23.4 Å². The summed E-state index contributed by atoms with van der Waals surface area (Å²) in [5, 5.41) is 30.7. The third kappa shape index (κ3) is 4.89. The Labute approximate surface area is 259 Å². The van der Waals surface area contributed by atoms with Gasteiger partial charge in [-0.2, -0.15) is 5.10 Å². The molecule has 5 aromatic rings. The van der Waals surface area contributed by atoms with E-state index < -0.39 is 5.97 Å². The molecule has 0 saturated heterocycles. The molecule has 4 aliphatic carbocycles. The van der Waals surface area contributed by atoms with Crippen molar-refractivity contribution in [1.82, 2.24) is 29.9 Å². The first-order valence-corrected chi connectivity index (χ1v) is 16.1. The number of aryl methyl sites for hydroxylation is 1. The minimum Gasteiger partial charge on any atom is -0.476 e. The van der Waals surface area contributed by atoms with E-state index >= 15 is 0 Å². The first-order valence-electron chi connectivity index (χ1n) is 15.3. The molecular weight excluding hydrogens is 572 g/mol. The number of para-hydroxylation sites is 1. The molecule has 224 valence electrons. The number of rotatable bonds is 8. The lowest BCUT2D eigenvalue weighted by Crippen LogP contribution is -2.48. The van der Waals surface area contributed by atoms with Crippen LogP contribution in [0.3, 0.4) is 0 Å². The number of aromatic nitrogens is 6. The SMILES string of the molecule is Cc1cc(Nc2ccc(-c3cnn(CC45CC6CC(CC(C6)C4)C5)c3C)c(C(=O)O)n2)nnc1Nc1nc2ccccc2s1. The lowest BCUT2D eigenvalue weighted by molar-refractivity contribution is -0.0638. The zero-order chi connectivity index (χ0) is 30.0. The molecule has 10 nitrogen and oxygen atoms in total. The first-order chi connectivity index (χ1) is 21.3. The Morgan fingerprint density at radius 1 is 0.955 bits per heavy atom. The van der Waals surface area contributed by atoms with Gasteiger partial charge >= 0.3 is 5.97 Å². The van der Waals surface area contributed by atoms with Gasteiger partial charge in [-0.05, 0) is 111 Å². The van der Waals surface area contributed by atoms with Crippen molar-refractivity contribution in [1.29, 1.82) is 0 Å². The molecule has 4 aromatic heterocycles. The zero-order valence-electron chi connectivity index (χ0n) is 24.7. The molecule has 44 heavy (non-hydrogen) atoms. The van der Waals surface area contributed by atoms with Crippen LogP contribution in [0.15, 0.2) is 48.7 Å². The molecule has 11 heteroatoms. The molecule has 0 spiro atoms. The Hall–Kier alpha value is -4.38. The Kier molecular flexibility index (Phi) is 6.40. The van der Waals surface area contributed by atoms with E-state index in [9.17, 15) is 9.90 Å². The number of benzene rings is 1. The number of fused-ring (bicyclic) bond motifs is 1. The summed E-state index contributed by atoms with van der Waals surface area (Å²) in [6.07, 6.45) is 9.94. The van der Waals surface area contributed by atoms with Crippen LogP contribution in [-0.2, 0) is 6.54 Å². The van der Waals surface area contributed by atoms with E-state index in [1.165, 1.54) is 38.5 Å². The van der Waals surface area contributed by atoms with Crippen molar-refractivity contribution in [3.8, 4) is 11.1 Å². The smallest absolute Gasteiger partial charge is 0.355 e. The maximum atomic E-state index is 12.4. The van der Waals surface area contributed by atoms with Crippen LogP contribution in [-0.4, -0.2) is 41.0 Å². The third-order valence-corrected chi connectivity index (χ3v) is 10.9. The van der Waals surface area contributed by atoms with Gasteiger partial charge < -0.3 is 15.7 Å². The third-order valence-electron chi connectivity index (χ3n) is 9.90. The number of nitrogens with zero attached hydrogens (tertiary/aromatic N) is 6. The molecule has 0 aliphatic heterocycles. The first kappa shape index (κ1) is 27.2. The lowest BCUT2D eigenvalue weighted by atomic mass is 9.49. The fourth-order valence-electron chi connectivity index (χ4n) is 8.41. The van der Waals surface area contributed by atoms with Crippen molar-refractivity contribution < 1.29 is 9.90 Å². The van der Waals surface area contributed by atoms with E-state index in [0.29, 0.717) is 28.4 Å². The van der Waals surface area contributed by atoms with Crippen LogP contribution in [0.5, 0.6) is 0 Å². The van der Waals surface area contributed by atoms with Crippen LogP contribution in [0.4, 0.5) is 22.6 Å². The number of aromatic carboxylic acids is 1. The number of carbonyl (C=O) groups is 1. The molecule has 4 bridgehead atoms. The average Bonchev–Trinajstić information content (AvgIpc) is 3.56. The highest BCUT2D eigenvalue weighted by Crippen LogP contribution is 2.60. The van der Waals surface area contributed by atoms with Gasteiger partial charge in [-0.25, -0.2) is 14.8 Å². The lowest BCUT2D eigenvalue weighted by Gasteiger charge is -2.56. The van der Waals surface area contributed by atoms with Crippen molar-refractivity contribution in [3.63, 3.8) is 0 Å². The van der Waals surface area contributed by atoms with E-state index in [-0.39, 0.29) is 5.69 Å². The van der Waals surface area contributed by atoms with E-state index in [0.717, 1.165) is 56.5 Å². The summed E-state index contributed by atoms with van der Waals surface area (Å²) in [5.74, 6) is 2.98. The summed E-state index contributed by atoms with van der Waals surface area (Å²) in [4.78, 5) is 21.5. The summed E-state index contributed by atoms with van der Waals surface area (Å²) in [6.45, 7) is 4.89. The molecule has 4 saturated carbocycles. The average molecular weight is 607 g/mol. The second-order valence-corrected chi connectivity index (χ2v) is 14.1. The van der Waals surface area contributed by atoms with Crippen LogP contribution in [0.2, 0.25) is 0 Å². The Morgan fingerprint density at radius 2 is 1.70 bits per heavy atom. The number of hydrogen-bond acceptors (Lipinski definition) is 9. The quantitative estimate of drug-likeness (QED) is 0.166. The monoisotopic (exact) mass is 606 g/mol. The molecular formula is C33H34N8O2S. The van der Waals surface area contributed by atoms with E-state index in [1.807, 2.05) is 44.2 Å². The van der Waals surface area contributed by atoms with Gasteiger partial charge in [0.25, 0.3) is 0 Å². The zero-order valence-corrected chi connectivity index (χ0v) is 25.6. The molecule has 0 amide bonds. The Morgan fingerprint density at radius 3 is 2.41 bits per heavy atom. The summed E-state index contributed by atoms with van der Waals surface area (Å²) in [6, 6.07) is 13.4. The van der Waals surface area contributed by atoms with E-state index in [1.54, 1.807) is 29.7 Å². The summed E-state index contributed by atoms with van der Waals surface area (Å²) in [5.41, 5.74) is 4.47. The fraction of sp³-hybridized carbons (Fsp3) is 0.394. The Balaban J connectivity index is 1.01. The van der Waals surface area contributed by atoms with Crippen LogP contribution >= 0.6 is 11.3 Å². The van der Waals surface area contributed by atoms with Crippen molar-refractivity contribution in [3.05, 3.63) is 65.6 Å². The number of hydrogen-bond donors (Lipinski definition) is 3. The highest BCUT2D eigenvalue weighted by Gasteiger charge is 2.51. The second-order valence-electron chi connectivity index (χ2n) is 13.1. The Bertz CT molecular complexity index is 1840. The predicted molar refractivity (Wildman–Crippen MR) is 171 cm³/mol. The van der Waals surface area contributed by atoms with E-state index in [4.69, 9.17) is 5.10 Å². The van der Waals surface area contributed by atoms with Gasteiger partial charge in [-0.3, -0.25) is 4.68 Å². The number of thiazole rings is 1. The molecule has 9 rings (SSSR count). The predicted octanol–water partition coefficient (Wildman–Crippen LogP) is 7.36. The van der Waals surface area contributed by atoms with Gasteiger partial charge in [0.05, 0.1) is 16.4 Å². The second kappa shape index (κ2) is 10.4. The molecule has 0 radical (unpaired) electrons. The minimum absolute atomic E-state index is 0.0220. The highest BCUT2D eigenvalue weighted by molar-refractivity contribution is 7.22. The van der Waals surface area contributed by atoms with Crippen molar-refractivity contribution in [2.75, 3.05) is 10.6 Å². The van der Waals surface area contributed by atoms with Gasteiger partial charge in [0.2, 0.25) is 0 Å². The normalized spacial score (nSPS) is 23.7. The molecule has 4 fully saturated rings. The number of pyridine rings is 1. The van der Waals surface area contributed by atoms with Crippen molar-refractivity contribution in [2.24, 2.45) is 23.2 Å². The fourth-order valence-corrected chi connectivity index (χ4v) is 9.27. The topological polar surface area (TPSA) is 131 Å². The molecule has 0 atom stereocenters. The molecule has 4 aliphatic rings.